The second-order valence-electron chi connectivity index (χ2n) is 2.79. The average Bonchev–Trinajstić information content (AvgIpc) is 1.90. The monoisotopic (exact) mass is 212 g/mol. The third-order valence-corrected chi connectivity index (χ3v) is 2.05. The van der Waals surface area contributed by atoms with Gasteiger partial charge in [-0.25, -0.2) is 0 Å². The van der Waals surface area contributed by atoms with Gasteiger partial charge >= 0.3 is 58.2 Å². The van der Waals surface area contributed by atoms with Gasteiger partial charge in [-0.3, -0.25) is 0 Å². The maximum absolute atomic E-state index is 4.26. The molecule has 0 aliphatic carbocycles. The molecule has 0 atom stereocenters. The molecule has 0 bridgehead atoms. The van der Waals surface area contributed by atoms with E-state index in [2.05, 4.69) is 17.3 Å². The second-order valence-corrected chi connectivity index (χ2v) is 2.79. The standard InChI is InChI=1S/C7H15N2.Rb/c1-8-7-3-5-9(2)6-4-7;/h7H,3-6H2,1-2H3;/q-1;+1. The molecule has 1 fully saturated rings. The van der Waals surface area contributed by atoms with E-state index in [1.807, 2.05) is 7.05 Å². The van der Waals surface area contributed by atoms with Gasteiger partial charge in [0, 0.05) is 0 Å². The quantitative estimate of drug-likeness (QED) is 0.496. The van der Waals surface area contributed by atoms with Crippen LogP contribution in [-0.2, 0) is 0 Å². The van der Waals surface area contributed by atoms with Crippen molar-refractivity contribution in [3.63, 3.8) is 0 Å². The molecule has 1 rings (SSSR count). The van der Waals surface area contributed by atoms with Crippen LogP contribution < -0.4 is 58.2 Å². The molecule has 0 saturated carbocycles. The van der Waals surface area contributed by atoms with Crippen LogP contribution >= 0.6 is 0 Å². The number of likely N-dealkylation sites (tertiary alicyclic amines) is 1. The molecule has 0 aromatic heterocycles. The summed E-state index contributed by atoms with van der Waals surface area (Å²) in [6.45, 7) is 2.45. The average molecular weight is 213 g/mol. The maximum atomic E-state index is 4.26. The Bertz CT molecular complexity index is 79.7. The van der Waals surface area contributed by atoms with E-state index in [4.69, 9.17) is 0 Å². The topological polar surface area (TPSA) is 17.3 Å². The maximum Gasteiger partial charge on any atom is 1.00 e. The van der Waals surface area contributed by atoms with E-state index in [1.54, 1.807) is 0 Å². The summed E-state index contributed by atoms with van der Waals surface area (Å²) in [5, 5.41) is 4.26. The van der Waals surface area contributed by atoms with E-state index in [-0.39, 0.29) is 58.2 Å². The third kappa shape index (κ3) is 3.93. The van der Waals surface area contributed by atoms with Crippen molar-refractivity contribution in [1.29, 1.82) is 0 Å². The summed E-state index contributed by atoms with van der Waals surface area (Å²) < 4.78 is 0. The summed E-state index contributed by atoms with van der Waals surface area (Å²) in [6.07, 6.45) is 2.51. The van der Waals surface area contributed by atoms with Gasteiger partial charge in [-0.05, 0) is 20.1 Å². The largest absolute Gasteiger partial charge is 1.00 e. The van der Waals surface area contributed by atoms with Crippen LogP contribution in [0.5, 0.6) is 0 Å². The fourth-order valence-electron chi connectivity index (χ4n) is 1.25. The Balaban J connectivity index is 0.000000810. The van der Waals surface area contributed by atoms with Gasteiger partial charge < -0.3 is 10.2 Å². The number of rotatable bonds is 1. The van der Waals surface area contributed by atoms with Crippen molar-refractivity contribution < 1.29 is 58.2 Å². The van der Waals surface area contributed by atoms with Crippen LogP contribution in [0, 0.1) is 0 Å². The van der Waals surface area contributed by atoms with Crippen LogP contribution in [0.4, 0.5) is 0 Å². The predicted octanol–water partition coefficient (Wildman–Crippen LogP) is -1.91. The molecule has 0 unspecified atom stereocenters. The van der Waals surface area contributed by atoms with E-state index < -0.39 is 0 Å². The molecule has 54 valence electrons. The van der Waals surface area contributed by atoms with Crippen LogP contribution in [0.1, 0.15) is 12.8 Å². The summed E-state index contributed by atoms with van der Waals surface area (Å²) in [4.78, 5) is 2.36. The normalized spacial score (nSPS) is 22.2. The number of hydrogen-bond acceptors (Lipinski definition) is 1. The molecule has 10 heavy (non-hydrogen) atoms. The molecular weight excluding hydrogens is 198 g/mol. The molecule has 2 nitrogen and oxygen atoms in total. The Morgan fingerprint density at radius 3 is 2.20 bits per heavy atom. The molecule has 1 aliphatic heterocycles. The van der Waals surface area contributed by atoms with Gasteiger partial charge in [-0.15, -0.1) is 6.04 Å². The van der Waals surface area contributed by atoms with Crippen LogP contribution in [0.2, 0.25) is 0 Å². The van der Waals surface area contributed by atoms with Crippen LogP contribution in [0.25, 0.3) is 5.32 Å². The summed E-state index contributed by atoms with van der Waals surface area (Å²) in [5.41, 5.74) is 0. The molecule has 0 radical (unpaired) electrons. The Morgan fingerprint density at radius 2 is 1.80 bits per heavy atom. The van der Waals surface area contributed by atoms with Crippen molar-refractivity contribution in [2.75, 3.05) is 27.2 Å². The Labute approximate surface area is 113 Å². The summed E-state index contributed by atoms with van der Waals surface area (Å²) >= 11 is 0. The molecule has 1 aliphatic rings. The minimum absolute atomic E-state index is 0. The van der Waals surface area contributed by atoms with Crippen molar-refractivity contribution in [2.24, 2.45) is 0 Å². The molecule has 0 aromatic carbocycles. The van der Waals surface area contributed by atoms with Crippen molar-refractivity contribution in [2.45, 2.75) is 18.9 Å². The zero-order valence-corrected chi connectivity index (χ0v) is 12.2. The molecule has 1 saturated heterocycles. The van der Waals surface area contributed by atoms with Crippen molar-refractivity contribution >= 4 is 0 Å². The second kappa shape index (κ2) is 6.26. The molecule has 0 aromatic rings. The summed E-state index contributed by atoms with van der Waals surface area (Å²) in [6, 6.07) is 0.654. The van der Waals surface area contributed by atoms with Crippen LogP contribution in [0.3, 0.4) is 0 Å². The van der Waals surface area contributed by atoms with Gasteiger partial charge in [-0.1, -0.05) is 12.8 Å². The third-order valence-electron chi connectivity index (χ3n) is 2.05. The number of piperidine rings is 1. The summed E-state index contributed by atoms with van der Waals surface area (Å²) in [7, 11) is 4.10. The van der Waals surface area contributed by atoms with Crippen molar-refractivity contribution in [3.8, 4) is 0 Å². The van der Waals surface area contributed by atoms with Gasteiger partial charge in [0.25, 0.3) is 0 Å². The van der Waals surface area contributed by atoms with E-state index >= 15 is 0 Å². The zero-order chi connectivity index (χ0) is 6.69. The fraction of sp³-hybridized carbons (Fsp3) is 1.00. The molecule has 1 heterocycles. The molecule has 0 amide bonds. The first-order chi connectivity index (χ1) is 4.33. The number of hydrogen-bond donors (Lipinski definition) is 0. The van der Waals surface area contributed by atoms with E-state index in [9.17, 15) is 0 Å². The Hall–Kier alpha value is 1.73. The van der Waals surface area contributed by atoms with Crippen LogP contribution in [-0.4, -0.2) is 38.1 Å². The van der Waals surface area contributed by atoms with Crippen molar-refractivity contribution in [1.82, 2.24) is 4.90 Å². The minimum atomic E-state index is 0. The molecular formula is C7H15N2Rb. The van der Waals surface area contributed by atoms with Gasteiger partial charge in [0.15, 0.2) is 0 Å². The van der Waals surface area contributed by atoms with Crippen LogP contribution in [0.15, 0.2) is 0 Å². The van der Waals surface area contributed by atoms with E-state index in [0.29, 0.717) is 6.04 Å². The van der Waals surface area contributed by atoms with Crippen molar-refractivity contribution in [3.05, 3.63) is 5.32 Å². The van der Waals surface area contributed by atoms with Gasteiger partial charge in [0.1, 0.15) is 0 Å². The predicted molar refractivity (Wildman–Crippen MR) is 39.8 cm³/mol. The summed E-state index contributed by atoms with van der Waals surface area (Å²) in [5.74, 6) is 0. The van der Waals surface area contributed by atoms with Gasteiger partial charge in [-0.2, -0.15) is 7.05 Å². The first-order valence-electron chi connectivity index (χ1n) is 3.60. The van der Waals surface area contributed by atoms with Gasteiger partial charge in [0.05, 0.1) is 0 Å². The molecule has 3 heteroatoms. The minimum Gasteiger partial charge on any atom is -0.662 e. The smallest absolute Gasteiger partial charge is 0.662 e. The fourth-order valence-corrected chi connectivity index (χ4v) is 1.25. The molecule has 0 N–H and O–H groups in total. The SMILES string of the molecule is C[N-]C1CCN(C)CC1.[Rb+]. The Morgan fingerprint density at radius 1 is 1.30 bits per heavy atom. The first kappa shape index (κ1) is 11.7. The number of nitrogens with zero attached hydrogens (tertiary/aromatic N) is 2. The van der Waals surface area contributed by atoms with Gasteiger partial charge in [0.2, 0.25) is 0 Å². The van der Waals surface area contributed by atoms with E-state index in [0.717, 1.165) is 0 Å². The zero-order valence-electron chi connectivity index (χ0n) is 7.30. The first-order valence-corrected chi connectivity index (χ1v) is 3.60. The Kier molecular flexibility index (Phi) is 7.35. The molecule has 0 spiro atoms. The van der Waals surface area contributed by atoms with E-state index in [1.165, 1.54) is 25.9 Å².